The Kier molecular flexibility index (Phi) is 8.13. The first-order valence-electron chi connectivity index (χ1n) is 7.77. The molecule has 1 saturated heterocycles. The van der Waals surface area contributed by atoms with Gasteiger partial charge in [0.1, 0.15) is 0 Å². The maximum Gasteiger partial charge on any atom is 0.00793 e. The van der Waals surface area contributed by atoms with Gasteiger partial charge in [-0.15, -0.1) is 0 Å². The van der Waals surface area contributed by atoms with Crippen LogP contribution in [-0.2, 0) is 0 Å². The van der Waals surface area contributed by atoms with Gasteiger partial charge in [0, 0.05) is 19.1 Å². The standard InChI is InChI=1S/C14H30N2.C2H6/c1-7-15(6)9-8-12(2)16-10-13(11-16)14(3,4)5;1-2/h12-13H,7-11H2,1-6H3;1-2H3. The van der Waals surface area contributed by atoms with Crippen molar-refractivity contribution in [3.8, 4) is 0 Å². The molecule has 110 valence electrons. The van der Waals surface area contributed by atoms with E-state index in [9.17, 15) is 0 Å². The molecule has 0 aromatic rings. The number of hydrogen-bond acceptors (Lipinski definition) is 2. The molecule has 1 aliphatic heterocycles. The summed E-state index contributed by atoms with van der Waals surface area (Å²) in [5.74, 6) is 0.902. The predicted octanol–water partition coefficient (Wildman–Crippen LogP) is 3.72. The van der Waals surface area contributed by atoms with Gasteiger partial charge < -0.3 is 4.90 Å². The highest BCUT2D eigenvalue weighted by Gasteiger charge is 2.37. The first-order valence-corrected chi connectivity index (χ1v) is 7.77. The second-order valence-electron chi connectivity index (χ2n) is 6.55. The molecule has 2 nitrogen and oxygen atoms in total. The van der Waals surface area contributed by atoms with E-state index in [1.54, 1.807) is 0 Å². The number of rotatable bonds is 5. The summed E-state index contributed by atoms with van der Waals surface area (Å²) in [5.41, 5.74) is 0.496. The van der Waals surface area contributed by atoms with Gasteiger partial charge >= 0.3 is 0 Å². The molecule has 1 fully saturated rings. The topological polar surface area (TPSA) is 6.48 Å². The Morgan fingerprint density at radius 1 is 1.22 bits per heavy atom. The van der Waals surface area contributed by atoms with E-state index in [0.29, 0.717) is 5.41 Å². The molecule has 0 aliphatic carbocycles. The quantitative estimate of drug-likeness (QED) is 0.740. The Bertz CT molecular complexity index is 202. The van der Waals surface area contributed by atoms with E-state index in [0.717, 1.165) is 18.5 Å². The largest absolute Gasteiger partial charge is 0.307 e. The number of hydrogen-bond donors (Lipinski definition) is 0. The third-order valence-corrected chi connectivity index (χ3v) is 4.23. The fourth-order valence-electron chi connectivity index (χ4n) is 2.17. The zero-order valence-electron chi connectivity index (χ0n) is 14.1. The zero-order chi connectivity index (χ0) is 14.3. The van der Waals surface area contributed by atoms with Crippen LogP contribution in [0.15, 0.2) is 0 Å². The second kappa shape index (κ2) is 8.16. The van der Waals surface area contributed by atoms with Gasteiger partial charge in [0.2, 0.25) is 0 Å². The first kappa shape index (κ1) is 17.9. The predicted molar refractivity (Wildman–Crippen MR) is 83.1 cm³/mol. The van der Waals surface area contributed by atoms with Crippen molar-refractivity contribution in [2.24, 2.45) is 11.3 Å². The fraction of sp³-hybridized carbons (Fsp3) is 1.00. The van der Waals surface area contributed by atoms with Crippen molar-refractivity contribution in [2.45, 2.75) is 60.9 Å². The van der Waals surface area contributed by atoms with Crippen LogP contribution in [0, 0.1) is 11.3 Å². The van der Waals surface area contributed by atoms with Gasteiger partial charge in [-0.1, -0.05) is 41.5 Å². The van der Waals surface area contributed by atoms with Crippen molar-refractivity contribution in [2.75, 3.05) is 33.2 Å². The van der Waals surface area contributed by atoms with Crippen molar-refractivity contribution >= 4 is 0 Å². The lowest BCUT2D eigenvalue weighted by Gasteiger charge is -2.49. The molecule has 1 unspecified atom stereocenters. The third kappa shape index (κ3) is 5.71. The van der Waals surface area contributed by atoms with Gasteiger partial charge in [-0.05, 0) is 44.8 Å². The Labute approximate surface area is 116 Å². The van der Waals surface area contributed by atoms with Crippen LogP contribution >= 0.6 is 0 Å². The second-order valence-corrected chi connectivity index (χ2v) is 6.55. The van der Waals surface area contributed by atoms with Crippen LogP contribution in [0.4, 0.5) is 0 Å². The van der Waals surface area contributed by atoms with Crippen LogP contribution in [-0.4, -0.2) is 49.1 Å². The molecule has 1 atom stereocenters. The summed E-state index contributed by atoms with van der Waals surface area (Å²) in [4.78, 5) is 5.04. The molecule has 0 saturated carbocycles. The van der Waals surface area contributed by atoms with Crippen molar-refractivity contribution in [1.82, 2.24) is 9.80 Å². The summed E-state index contributed by atoms with van der Waals surface area (Å²) in [7, 11) is 2.21. The number of likely N-dealkylation sites (tertiary alicyclic amines) is 1. The lowest BCUT2D eigenvalue weighted by molar-refractivity contribution is -0.00586. The van der Waals surface area contributed by atoms with E-state index in [2.05, 4.69) is 51.5 Å². The average molecular weight is 256 g/mol. The van der Waals surface area contributed by atoms with Crippen LogP contribution in [0.5, 0.6) is 0 Å². The summed E-state index contributed by atoms with van der Waals surface area (Å²) < 4.78 is 0. The van der Waals surface area contributed by atoms with Crippen LogP contribution < -0.4 is 0 Å². The first-order chi connectivity index (χ1) is 8.34. The van der Waals surface area contributed by atoms with Crippen molar-refractivity contribution < 1.29 is 0 Å². The summed E-state index contributed by atoms with van der Waals surface area (Å²) in [6, 6.07) is 0.757. The summed E-state index contributed by atoms with van der Waals surface area (Å²) in [6.07, 6.45) is 1.31. The van der Waals surface area contributed by atoms with E-state index < -0.39 is 0 Å². The van der Waals surface area contributed by atoms with E-state index in [-0.39, 0.29) is 0 Å². The van der Waals surface area contributed by atoms with Crippen molar-refractivity contribution in [3.05, 3.63) is 0 Å². The smallest absolute Gasteiger partial charge is 0.00793 e. The normalized spacial score (nSPS) is 19.2. The monoisotopic (exact) mass is 256 g/mol. The molecule has 0 radical (unpaired) electrons. The van der Waals surface area contributed by atoms with Crippen LogP contribution in [0.2, 0.25) is 0 Å². The van der Waals surface area contributed by atoms with Crippen LogP contribution in [0.25, 0.3) is 0 Å². The highest BCUT2D eigenvalue weighted by Crippen LogP contribution is 2.34. The Balaban J connectivity index is 0.00000137. The molecule has 0 amide bonds. The highest BCUT2D eigenvalue weighted by molar-refractivity contribution is 4.90. The molecular formula is C16H36N2. The van der Waals surface area contributed by atoms with Crippen molar-refractivity contribution in [1.29, 1.82) is 0 Å². The lowest BCUT2D eigenvalue weighted by Crippen LogP contribution is -2.55. The number of nitrogens with zero attached hydrogens (tertiary/aromatic N) is 2. The minimum Gasteiger partial charge on any atom is -0.307 e. The van der Waals surface area contributed by atoms with E-state index in [1.165, 1.54) is 26.1 Å². The molecular weight excluding hydrogens is 220 g/mol. The van der Waals surface area contributed by atoms with Gasteiger partial charge in [-0.25, -0.2) is 0 Å². The molecule has 0 spiro atoms. The summed E-state index contributed by atoms with van der Waals surface area (Å²) in [6.45, 7) is 20.7. The Morgan fingerprint density at radius 3 is 2.11 bits per heavy atom. The molecule has 0 aromatic carbocycles. The Hall–Kier alpha value is -0.0800. The molecule has 1 heterocycles. The maximum absolute atomic E-state index is 2.64. The van der Waals surface area contributed by atoms with E-state index >= 15 is 0 Å². The Morgan fingerprint density at radius 2 is 1.72 bits per heavy atom. The molecule has 1 rings (SSSR count). The fourth-order valence-corrected chi connectivity index (χ4v) is 2.17. The zero-order valence-corrected chi connectivity index (χ0v) is 14.1. The van der Waals surface area contributed by atoms with Crippen molar-refractivity contribution in [3.63, 3.8) is 0 Å². The molecule has 1 aliphatic rings. The minimum atomic E-state index is 0.496. The molecule has 0 aromatic heterocycles. The van der Waals surface area contributed by atoms with Crippen LogP contribution in [0.3, 0.4) is 0 Å². The minimum absolute atomic E-state index is 0.496. The maximum atomic E-state index is 2.64. The van der Waals surface area contributed by atoms with Crippen LogP contribution in [0.1, 0.15) is 54.9 Å². The molecule has 0 bridgehead atoms. The molecule has 0 N–H and O–H groups in total. The van der Waals surface area contributed by atoms with Gasteiger partial charge in [-0.2, -0.15) is 0 Å². The van der Waals surface area contributed by atoms with Gasteiger partial charge in [0.25, 0.3) is 0 Å². The average Bonchev–Trinajstić information content (AvgIpc) is 2.24. The summed E-state index contributed by atoms with van der Waals surface area (Å²) in [5, 5.41) is 0. The van der Waals surface area contributed by atoms with Gasteiger partial charge in [-0.3, -0.25) is 4.90 Å². The van der Waals surface area contributed by atoms with Gasteiger partial charge in [0.05, 0.1) is 0 Å². The lowest BCUT2D eigenvalue weighted by atomic mass is 9.75. The molecule has 2 heteroatoms. The third-order valence-electron chi connectivity index (χ3n) is 4.23. The van der Waals surface area contributed by atoms with E-state index in [4.69, 9.17) is 0 Å². The van der Waals surface area contributed by atoms with Gasteiger partial charge in [0.15, 0.2) is 0 Å². The summed E-state index contributed by atoms with van der Waals surface area (Å²) >= 11 is 0. The van der Waals surface area contributed by atoms with E-state index in [1.807, 2.05) is 13.8 Å². The molecule has 18 heavy (non-hydrogen) atoms. The SMILES string of the molecule is CC.CCN(C)CCC(C)N1CC(C(C)(C)C)C1. The highest BCUT2D eigenvalue weighted by atomic mass is 15.2.